The number of nitriles is 1. The van der Waals surface area contributed by atoms with E-state index in [0.29, 0.717) is 16.5 Å². The molecule has 1 aliphatic rings. The third-order valence-corrected chi connectivity index (χ3v) is 7.90. The molecule has 0 fully saturated rings. The predicted molar refractivity (Wildman–Crippen MR) is 121 cm³/mol. The van der Waals surface area contributed by atoms with Crippen LogP contribution >= 0.6 is 35.3 Å². The third kappa shape index (κ3) is 5.46. The Bertz CT molecular complexity index is 739. The molecule has 0 aliphatic heterocycles. The molecule has 148 valence electrons. The second-order valence-electron chi connectivity index (χ2n) is 7.90. The van der Waals surface area contributed by atoms with Gasteiger partial charge in [0.05, 0.1) is 11.3 Å². The van der Waals surface area contributed by atoms with Gasteiger partial charge in [-0.25, -0.2) is 0 Å². The summed E-state index contributed by atoms with van der Waals surface area (Å²) in [5.41, 5.74) is 2.06. The summed E-state index contributed by atoms with van der Waals surface area (Å²) >= 11 is 8.34. The Labute approximate surface area is 176 Å². The Balaban J connectivity index is 2.05. The van der Waals surface area contributed by atoms with Gasteiger partial charge in [-0.1, -0.05) is 44.8 Å². The number of rotatable bonds is 5. The average molecular weight is 424 g/mol. The van der Waals surface area contributed by atoms with E-state index in [-0.39, 0.29) is 17.1 Å². The fraction of sp³-hybridized carbons (Fsp3) is 0.650. The summed E-state index contributed by atoms with van der Waals surface area (Å²) in [5.74, 6) is 0.783. The molecule has 1 N–H and O–H groups in total. The van der Waals surface area contributed by atoms with Crippen molar-refractivity contribution in [2.45, 2.75) is 53.9 Å². The maximum Gasteiger partial charge on any atom is 0.235 e. The van der Waals surface area contributed by atoms with Gasteiger partial charge in [-0.15, -0.1) is 11.3 Å². The molecular weight excluding hydrogens is 394 g/mol. The van der Waals surface area contributed by atoms with E-state index in [1.807, 2.05) is 0 Å². The largest absolute Gasteiger partial charge is 0.358 e. The van der Waals surface area contributed by atoms with Gasteiger partial charge in [0.25, 0.3) is 0 Å². The third-order valence-electron chi connectivity index (χ3n) is 5.20. The fourth-order valence-corrected chi connectivity index (χ4v) is 5.89. The van der Waals surface area contributed by atoms with Crippen molar-refractivity contribution in [2.24, 2.45) is 11.3 Å². The molecule has 27 heavy (non-hydrogen) atoms. The number of thioether (sulfide) groups is 1. The van der Waals surface area contributed by atoms with Crippen molar-refractivity contribution in [1.82, 2.24) is 4.90 Å². The Morgan fingerprint density at radius 3 is 2.63 bits per heavy atom. The lowest BCUT2D eigenvalue weighted by atomic mass is 9.72. The van der Waals surface area contributed by atoms with Gasteiger partial charge >= 0.3 is 0 Å². The highest BCUT2D eigenvalue weighted by molar-refractivity contribution is 8.23. The predicted octanol–water partition coefficient (Wildman–Crippen LogP) is 5.07. The average Bonchev–Trinajstić information content (AvgIpc) is 2.96. The lowest BCUT2D eigenvalue weighted by Gasteiger charge is -2.33. The number of amides is 1. The summed E-state index contributed by atoms with van der Waals surface area (Å²) in [4.78, 5) is 15.7. The van der Waals surface area contributed by atoms with Crippen molar-refractivity contribution in [3.05, 3.63) is 16.0 Å². The molecule has 0 radical (unpaired) electrons. The number of nitrogens with zero attached hydrogens (tertiary/aromatic N) is 2. The number of carbonyl (C=O) groups is 1. The van der Waals surface area contributed by atoms with Gasteiger partial charge in [-0.3, -0.25) is 4.79 Å². The Morgan fingerprint density at radius 2 is 2.07 bits per heavy atom. The first kappa shape index (κ1) is 22.2. The maximum atomic E-state index is 12.4. The van der Waals surface area contributed by atoms with Crippen LogP contribution < -0.4 is 5.32 Å². The molecule has 1 atom stereocenters. The number of thiocarbonyl (C=S) groups is 1. The zero-order chi connectivity index (χ0) is 20.2. The van der Waals surface area contributed by atoms with Crippen LogP contribution in [0.15, 0.2) is 0 Å². The van der Waals surface area contributed by atoms with Crippen molar-refractivity contribution in [1.29, 1.82) is 5.26 Å². The minimum absolute atomic E-state index is 0.100. The summed E-state index contributed by atoms with van der Waals surface area (Å²) < 4.78 is 0.745. The molecule has 1 aromatic heterocycles. The summed E-state index contributed by atoms with van der Waals surface area (Å²) in [5, 5.41) is 13.3. The smallest absolute Gasteiger partial charge is 0.235 e. The van der Waals surface area contributed by atoms with E-state index in [2.05, 4.69) is 50.9 Å². The van der Waals surface area contributed by atoms with Crippen LogP contribution in [0.5, 0.6) is 0 Å². The van der Waals surface area contributed by atoms with Crippen LogP contribution in [0.3, 0.4) is 0 Å². The molecule has 1 aliphatic carbocycles. The molecule has 2 rings (SSSR count). The zero-order valence-corrected chi connectivity index (χ0v) is 19.3. The van der Waals surface area contributed by atoms with Gasteiger partial charge in [0, 0.05) is 18.0 Å². The van der Waals surface area contributed by atoms with E-state index in [9.17, 15) is 10.1 Å². The lowest BCUT2D eigenvalue weighted by molar-refractivity contribution is -0.113. The van der Waals surface area contributed by atoms with Crippen molar-refractivity contribution in [3.8, 4) is 6.07 Å². The van der Waals surface area contributed by atoms with Crippen molar-refractivity contribution in [3.63, 3.8) is 0 Å². The zero-order valence-electron chi connectivity index (χ0n) is 16.8. The van der Waals surface area contributed by atoms with Crippen LogP contribution in [0, 0.1) is 22.7 Å². The molecule has 1 amide bonds. The number of anilines is 1. The SMILES string of the molecule is CCN(CC)C(=S)SCC(=O)Nc1sc2c(c1C#N)CC[C@@H](C(C)(C)C)C2. The molecule has 0 spiro atoms. The van der Waals surface area contributed by atoms with E-state index in [4.69, 9.17) is 12.2 Å². The van der Waals surface area contributed by atoms with E-state index in [1.54, 1.807) is 11.3 Å². The molecule has 0 unspecified atom stereocenters. The molecule has 1 aromatic rings. The molecule has 7 heteroatoms. The van der Waals surface area contributed by atoms with Crippen LogP contribution in [-0.2, 0) is 17.6 Å². The number of thiophene rings is 1. The molecular formula is C20H29N3OS3. The van der Waals surface area contributed by atoms with E-state index < -0.39 is 0 Å². The molecule has 0 bridgehead atoms. The normalized spacial score (nSPS) is 16.4. The van der Waals surface area contributed by atoms with Crippen LogP contribution in [-0.4, -0.2) is 34.0 Å². The monoisotopic (exact) mass is 423 g/mol. The summed E-state index contributed by atoms with van der Waals surface area (Å²) in [6, 6.07) is 2.32. The Hall–Kier alpha value is -1.10. The summed E-state index contributed by atoms with van der Waals surface area (Å²) in [7, 11) is 0. The molecule has 0 saturated carbocycles. The first-order chi connectivity index (χ1) is 12.7. The Kier molecular flexibility index (Phi) is 7.73. The van der Waals surface area contributed by atoms with E-state index in [0.717, 1.165) is 42.2 Å². The van der Waals surface area contributed by atoms with Gasteiger partial charge in [0.1, 0.15) is 15.4 Å². The highest BCUT2D eigenvalue weighted by atomic mass is 32.2. The van der Waals surface area contributed by atoms with Gasteiger partial charge in [0.15, 0.2) is 0 Å². The topological polar surface area (TPSA) is 56.1 Å². The fourth-order valence-electron chi connectivity index (χ4n) is 3.39. The second kappa shape index (κ2) is 9.40. The molecule has 1 heterocycles. The molecule has 0 aromatic carbocycles. The highest BCUT2D eigenvalue weighted by Crippen LogP contribution is 2.44. The quantitative estimate of drug-likeness (QED) is 0.670. The van der Waals surface area contributed by atoms with Crippen molar-refractivity contribution >= 4 is 50.5 Å². The minimum Gasteiger partial charge on any atom is -0.358 e. The standard InChI is InChI=1S/C20H29N3OS3/c1-6-23(7-2)19(25)26-12-17(24)22-18-15(11-21)14-9-8-13(20(3,4)5)10-16(14)27-18/h13H,6-10,12H2,1-5H3,(H,22,24)/t13-/m1/s1. The highest BCUT2D eigenvalue weighted by Gasteiger charge is 2.32. The first-order valence-electron chi connectivity index (χ1n) is 9.47. The van der Waals surface area contributed by atoms with Crippen LogP contribution in [0.1, 0.15) is 57.0 Å². The number of nitrogens with one attached hydrogen (secondary N) is 1. The Morgan fingerprint density at radius 1 is 1.41 bits per heavy atom. The number of hydrogen-bond acceptors (Lipinski definition) is 5. The van der Waals surface area contributed by atoms with Gasteiger partial charge < -0.3 is 10.2 Å². The number of hydrogen-bond donors (Lipinski definition) is 1. The van der Waals surface area contributed by atoms with Crippen LogP contribution in [0.4, 0.5) is 5.00 Å². The number of fused-ring (bicyclic) bond motifs is 1. The van der Waals surface area contributed by atoms with Crippen LogP contribution in [0.25, 0.3) is 0 Å². The molecule has 0 saturated heterocycles. The van der Waals surface area contributed by atoms with Crippen LogP contribution in [0.2, 0.25) is 0 Å². The first-order valence-corrected chi connectivity index (χ1v) is 11.7. The van der Waals surface area contributed by atoms with Crippen molar-refractivity contribution < 1.29 is 4.79 Å². The summed E-state index contributed by atoms with van der Waals surface area (Å²) in [6.45, 7) is 12.6. The van der Waals surface area contributed by atoms with E-state index in [1.165, 1.54) is 16.6 Å². The van der Waals surface area contributed by atoms with Crippen molar-refractivity contribution in [2.75, 3.05) is 24.2 Å². The van der Waals surface area contributed by atoms with Gasteiger partial charge in [0.2, 0.25) is 5.91 Å². The van der Waals surface area contributed by atoms with Gasteiger partial charge in [-0.05, 0) is 50.0 Å². The summed E-state index contributed by atoms with van der Waals surface area (Å²) in [6.07, 6.45) is 3.02. The van der Waals surface area contributed by atoms with Gasteiger partial charge in [-0.2, -0.15) is 5.26 Å². The number of carbonyl (C=O) groups excluding carboxylic acids is 1. The lowest BCUT2D eigenvalue weighted by Crippen LogP contribution is -2.28. The second-order valence-corrected chi connectivity index (χ2v) is 10.6. The minimum atomic E-state index is -0.100. The molecule has 4 nitrogen and oxygen atoms in total. The van der Waals surface area contributed by atoms with E-state index >= 15 is 0 Å². The maximum absolute atomic E-state index is 12.4.